The van der Waals surface area contributed by atoms with Crippen LogP contribution in [0.25, 0.3) is 10.9 Å². The minimum Gasteiger partial charge on any atom is -0.378 e. The predicted octanol–water partition coefficient (Wildman–Crippen LogP) is 4.01. The SMILES string of the molecule is N#Cc1ccc(CCCCn2cc(C(=O)N3CCOCC3)c3ccccc32)cc1. The Bertz CT molecular complexity index is 1020. The number of morpholine rings is 1. The summed E-state index contributed by atoms with van der Waals surface area (Å²) in [5, 5.41) is 9.92. The molecule has 5 nitrogen and oxygen atoms in total. The molecule has 0 spiro atoms. The second-order valence-electron chi connectivity index (χ2n) is 7.42. The Kier molecular flexibility index (Phi) is 5.92. The molecule has 29 heavy (non-hydrogen) atoms. The second-order valence-corrected chi connectivity index (χ2v) is 7.42. The van der Waals surface area contributed by atoms with Gasteiger partial charge in [-0.3, -0.25) is 4.79 Å². The van der Waals surface area contributed by atoms with Gasteiger partial charge in [0.1, 0.15) is 0 Å². The van der Waals surface area contributed by atoms with Crippen molar-refractivity contribution in [3.63, 3.8) is 0 Å². The number of hydrogen-bond acceptors (Lipinski definition) is 3. The van der Waals surface area contributed by atoms with E-state index in [9.17, 15) is 4.79 Å². The molecule has 2 aromatic carbocycles. The van der Waals surface area contributed by atoms with Crippen molar-refractivity contribution in [2.75, 3.05) is 26.3 Å². The van der Waals surface area contributed by atoms with Gasteiger partial charge in [-0.1, -0.05) is 30.3 Å². The smallest absolute Gasteiger partial charge is 0.256 e. The molecule has 1 aliphatic heterocycles. The minimum atomic E-state index is 0.0980. The summed E-state index contributed by atoms with van der Waals surface area (Å²) in [5.74, 6) is 0.0980. The number of ether oxygens (including phenoxy) is 1. The molecular weight excluding hydrogens is 362 g/mol. The van der Waals surface area contributed by atoms with Crippen LogP contribution < -0.4 is 0 Å². The number of amides is 1. The summed E-state index contributed by atoms with van der Waals surface area (Å²) in [5.41, 5.74) is 3.85. The number of carbonyl (C=O) groups is 1. The first-order chi connectivity index (χ1) is 14.3. The Labute approximate surface area is 171 Å². The van der Waals surface area contributed by atoms with Gasteiger partial charge in [0.25, 0.3) is 5.91 Å². The number of para-hydroxylation sites is 1. The summed E-state index contributed by atoms with van der Waals surface area (Å²) >= 11 is 0. The standard InChI is InChI=1S/C24H25N3O2/c25-17-20-10-8-19(9-11-20)5-3-4-12-27-18-22(21-6-1-2-7-23(21)27)24(28)26-13-15-29-16-14-26/h1-2,6-11,18H,3-5,12-16H2. The average Bonchev–Trinajstić information content (AvgIpc) is 3.16. The molecule has 1 aliphatic rings. The van der Waals surface area contributed by atoms with Crippen LogP contribution in [-0.4, -0.2) is 41.7 Å². The lowest BCUT2D eigenvalue weighted by Crippen LogP contribution is -2.40. The Morgan fingerprint density at radius 2 is 1.79 bits per heavy atom. The van der Waals surface area contributed by atoms with Crippen LogP contribution in [0.3, 0.4) is 0 Å². The van der Waals surface area contributed by atoms with Gasteiger partial charge in [0.2, 0.25) is 0 Å². The summed E-state index contributed by atoms with van der Waals surface area (Å²) in [7, 11) is 0. The highest BCUT2D eigenvalue weighted by Gasteiger charge is 2.22. The van der Waals surface area contributed by atoms with E-state index in [0.29, 0.717) is 31.9 Å². The molecule has 2 heterocycles. The number of hydrogen-bond donors (Lipinski definition) is 0. The van der Waals surface area contributed by atoms with Crippen molar-refractivity contribution < 1.29 is 9.53 Å². The third-order valence-electron chi connectivity index (χ3n) is 5.51. The Hall–Kier alpha value is -3.10. The first-order valence-corrected chi connectivity index (χ1v) is 10.2. The van der Waals surface area contributed by atoms with Gasteiger partial charge in [-0.2, -0.15) is 5.26 Å². The highest BCUT2D eigenvalue weighted by Crippen LogP contribution is 2.24. The fourth-order valence-electron chi connectivity index (χ4n) is 3.90. The lowest BCUT2D eigenvalue weighted by Gasteiger charge is -2.26. The van der Waals surface area contributed by atoms with Crippen molar-refractivity contribution in [2.24, 2.45) is 0 Å². The van der Waals surface area contributed by atoms with Gasteiger partial charge in [-0.05, 0) is 43.0 Å². The van der Waals surface area contributed by atoms with E-state index in [1.54, 1.807) is 0 Å². The number of nitriles is 1. The van der Waals surface area contributed by atoms with Crippen molar-refractivity contribution in [3.8, 4) is 6.07 Å². The molecule has 0 bridgehead atoms. The number of nitrogens with zero attached hydrogens (tertiary/aromatic N) is 3. The van der Waals surface area contributed by atoms with Crippen molar-refractivity contribution in [1.29, 1.82) is 5.26 Å². The van der Waals surface area contributed by atoms with Gasteiger partial charge in [0.15, 0.2) is 0 Å². The number of fused-ring (bicyclic) bond motifs is 1. The van der Waals surface area contributed by atoms with Crippen LogP contribution in [-0.2, 0) is 17.7 Å². The minimum absolute atomic E-state index is 0.0980. The fraction of sp³-hybridized carbons (Fsp3) is 0.333. The summed E-state index contributed by atoms with van der Waals surface area (Å²) < 4.78 is 7.59. The van der Waals surface area contributed by atoms with E-state index in [-0.39, 0.29) is 5.91 Å². The molecule has 0 N–H and O–H groups in total. The summed E-state index contributed by atoms with van der Waals surface area (Å²) in [4.78, 5) is 14.9. The second kappa shape index (κ2) is 8.93. The highest BCUT2D eigenvalue weighted by molar-refractivity contribution is 6.07. The summed E-state index contributed by atoms with van der Waals surface area (Å²) in [6.45, 7) is 3.42. The van der Waals surface area contributed by atoms with Crippen LogP contribution in [0.1, 0.15) is 34.3 Å². The van der Waals surface area contributed by atoms with Gasteiger partial charge in [0.05, 0.1) is 30.4 Å². The van der Waals surface area contributed by atoms with Gasteiger partial charge >= 0.3 is 0 Å². The van der Waals surface area contributed by atoms with E-state index in [1.165, 1.54) is 5.56 Å². The molecule has 1 fully saturated rings. The van der Waals surface area contributed by atoms with E-state index < -0.39 is 0 Å². The molecule has 3 aromatic rings. The molecule has 0 radical (unpaired) electrons. The molecule has 1 amide bonds. The maximum atomic E-state index is 13.0. The Balaban J connectivity index is 1.43. The number of carbonyl (C=O) groups excluding carboxylic acids is 1. The van der Waals surface area contributed by atoms with E-state index in [4.69, 9.17) is 10.00 Å². The van der Waals surface area contributed by atoms with Crippen LogP contribution in [0, 0.1) is 11.3 Å². The van der Waals surface area contributed by atoms with E-state index in [2.05, 4.69) is 16.7 Å². The quantitative estimate of drug-likeness (QED) is 0.601. The van der Waals surface area contributed by atoms with Crippen molar-refractivity contribution in [1.82, 2.24) is 9.47 Å². The Morgan fingerprint density at radius 1 is 1.03 bits per heavy atom. The number of rotatable bonds is 6. The lowest BCUT2D eigenvalue weighted by atomic mass is 10.1. The number of aryl methyl sites for hydroxylation is 2. The lowest BCUT2D eigenvalue weighted by molar-refractivity contribution is 0.0304. The van der Waals surface area contributed by atoms with Crippen molar-refractivity contribution >= 4 is 16.8 Å². The number of unbranched alkanes of at least 4 members (excludes halogenated alkanes) is 1. The maximum Gasteiger partial charge on any atom is 0.256 e. The van der Waals surface area contributed by atoms with Crippen LogP contribution in [0.5, 0.6) is 0 Å². The molecule has 5 heteroatoms. The molecule has 0 aliphatic carbocycles. The molecule has 1 aromatic heterocycles. The molecular formula is C24H25N3O2. The largest absolute Gasteiger partial charge is 0.378 e. The van der Waals surface area contributed by atoms with E-state index >= 15 is 0 Å². The monoisotopic (exact) mass is 387 g/mol. The third-order valence-corrected chi connectivity index (χ3v) is 5.51. The van der Waals surface area contributed by atoms with Crippen LogP contribution >= 0.6 is 0 Å². The number of benzene rings is 2. The molecule has 1 saturated heterocycles. The molecule has 148 valence electrons. The first kappa shape index (κ1) is 19.2. The van der Waals surface area contributed by atoms with Gasteiger partial charge in [-0.15, -0.1) is 0 Å². The van der Waals surface area contributed by atoms with E-state index in [0.717, 1.165) is 42.3 Å². The van der Waals surface area contributed by atoms with Crippen LogP contribution in [0.2, 0.25) is 0 Å². The van der Waals surface area contributed by atoms with E-state index in [1.807, 2.05) is 53.6 Å². The zero-order chi connectivity index (χ0) is 20.1. The van der Waals surface area contributed by atoms with Gasteiger partial charge < -0.3 is 14.2 Å². The van der Waals surface area contributed by atoms with Crippen LogP contribution in [0.15, 0.2) is 54.7 Å². The topological polar surface area (TPSA) is 58.3 Å². The maximum absolute atomic E-state index is 13.0. The van der Waals surface area contributed by atoms with Crippen molar-refractivity contribution in [3.05, 3.63) is 71.4 Å². The average molecular weight is 387 g/mol. The zero-order valence-electron chi connectivity index (χ0n) is 16.5. The van der Waals surface area contributed by atoms with Gasteiger partial charge in [-0.25, -0.2) is 0 Å². The molecule has 4 rings (SSSR count). The molecule has 0 unspecified atom stereocenters. The number of aromatic nitrogens is 1. The predicted molar refractivity (Wildman–Crippen MR) is 113 cm³/mol. The Morgan fingerprint density at radius 3 is 2.55 bits per heavy atom. The first-order valence-electron chi connectivity index (χ1n) is 10.2. The highest BCUT2D eigenvalue weighted by atomic mass is 16.5. The van der Waals surface area contributed by atoms with Crippen molar-refractivity contribution in [2.45, 2.75) is 25.8 Å². The summed E-state index contributed by atoms with van der Waals surface area (Å²) in [6, 6.07) is 18.1. The molecule has 0 saturated carbocycles. The normalized spacial score (nSPS) is 14.1. The molecule has 0 atom stereocenters. The van der Waals surface area contributed by atoms with Crippen LogP contribution in [0.4, 0.5) is 0 Å². The fourth-order valence-corrected chi connectivity index (χ4v) is 3.90. The zero-order valence-corrected chi connectivity index (χ0v) is 16.5. The third kappa shape index (κ3) is 4.33. The summed E-state index contributed by atoms with van der Waals surface area (Å²) in [6.07, 6.45) is 5.10. The van der Waals surface area contributed by atoms with Gasteiger partial charge in [0, 0.05) is 36.7 Å².